The average Bonchev–Trinajstić information content (AvgIpc) is 3.49. The van der Waals surface area contributed by atoms with E-state index in [0.29, 0.717) is 16.1 Å². The van der Waals surface area contributed by atoms with E-state index in [1.54, 1.807) is 0 Å². The standard InChI is InChI=1S/C22H12F6N6O3S/c23-21(24,25)13-5-1-11(2-6-13)16-9-17(22(26,27)28)34-19(31-16)15(10-30-34)18-32-20(37-33-18)12-3-7-14(8-4-12)38(29,35)36/h1-10H,(H2,29,35,36). The number of alkyl halides is 6. The van der Waals surface area contributed by atoms with E-state index in [9.17, 15) is 34.8 Å². The van der Waals surface area contributed by atoms with Gasteiger partial charge in [0.2, 0.25) is 15.8 Å². The lowest BCUT2D eigenvalue weighted by atomic mass is 10.1. The molecule has 0 aliphatic rings. The van der Waals surface area contributed by atoms with Gasteiger partial charge in [0.1, 0.15) is 0 Å². The van der Waals surface area contributed by atoms with Gasteiger partial charge < -0.3 is 4.52 Å². The topological polar surface area (TPSA) is 129 Å². The van der Waals surface area contributed by atoms with Gasteiger partial charge in [0, 0.05) is 11.1 Å². The fourth-order valence-electron chi connectivity index (χ4n) is 3.54. The van der Waals surface area contributed by atoms with Crippen molar-refractivity contribution in [1.82, 2.24) is 24.7 Å². The van der Waals surface area contributed by atoms with Gasteiger partial charge in [-0.3, -0.25) is 0 Å². The van der Waals surface area contributed by atoms with Gasteiger partial charge >= 0.3 is 12.4 Å². The summed E-state index contributed by atoms with van der Waals surface area (Å²) in [5.74, 6) is -0.272. The maximum Gasteiger partial charge on any atom is 0.433 e. The predicted molar refractivity (Wildman–Crippen MR) is 119 cm³/mol. The third-order valence-electron chi connectivity index (χ3n) is 5.37. The molecule has 0 bridgehead atoms. The number of nitrogens with zero attached hydrogens (tertiary/aromatic N) is 5. The van der Waals surface area contributed by atoms with E-state index in [1.807, 2.05) is 0 Å². The molecule has 5 aromatic rings. The number of fused-ring (bicyclic) bond motifs is 1. The lowest BCUT2D eigenvalue weighted by Gasteiger charge is -2.12. The molecule has 5 rings (SSSR count). The molecule has 196 valence electrons. The number of benzene rings is 2. The Morgan fingerprint density at radius 3 is 2.05 bits per heavy atom. The zero-order valence-electron chi connectivity index (χ0n) is 18.5. The second kappa shape index (κ2) is 8.63. The maximum absolute atomic E-state index is 13.8. The van der Waals surface area contributed by atoms with Crippen LogP contribution in [0, 0.1) is 0 Å². The van der Waals surface area contributed by atoms with E-state index >= 15 is 0 Å². The number of sulfonamides is 1. The van der Waals surface area contributed by atoms with Crippen molar-refractivity contribution in [3.8, 4) is 34.1 Å². The monoisotopic (exact) mass is 554 g/mol. The fourth-order valence-corrected chi connectivity index (χ4v) is 4.05. The first kappa shape index (κ1) is 25.3. The van der Waals surface area contributed by atoms with Crippen molar-refractivity contribution >= 4 is 15.7 Å². The van der Waals surface area contributed by atoms with Gasteiger partial charge in [0.05, 0.1) is 27.9 Å². The van der Waals surface area contributed by atoms with Crippen molar-refractivity contribution in [1.29, 1.82) is 0 Å². The Morgan fingerprint density at radius 2 is 1.47 bits per heavy atom. The zero-order valence-corrected chi connectivity index (χ0v) is 19.3. The molecule has 0 unspecified atom stereocenters. The van der Waals surface area contributed by atoms with Gasteiger partial charge in [-0.15, -0.1) is 0 Å². The molecule has 0 saturated heterocycles. The Bertz CT molecular complexity index is 1760. The molecule has 0 aliphatic heterocycles. The first-order valence-electron chi connectivity index (χ1n) is 10.3. The molecule has 3 heterocycles. The summed E-state index contributed by atoms with van der Waals surface area (Å²) in [4.78, 5) is 8.16. The van der Waals surface area contributed by atoms with Crippen LogP contribution in [0.5, 0.6) is 0 Å². The van der Waals surface area contributed by atoms with Crippen LogP contribution in [0.15, 0.2) is 70.2 Å². The second-order valence-corrected chi connectivity index (χ2v) is 9.45. The molecule has 0 spiro atoms. The summed E-state index contributed by atoms with van der Waals surface area (Å²) in [6.07, 6.45) is -8.48. The molecule has 16 heteroatoms. The number of rotatable bonds is 4. The Kier molecular flexibility index (Phi) is 5.75. The minimum atomic E-state index is -4.89. The molecule has 38 heavy (non-hydrogen) atoms. The van der Waals surface area contributed by atoms with Crippen molar-refractivity contribution < 1.29 is 39.3 Å². The molecule has 0 atom stereocenters. The smallest absolute Gasteiger partial charge is 0.334 e. The summed E-state index contributed by atoms with van der Waals surface area (Å²) in [5.41, 5.74) is -2.55. The van der Waals surface area contributed by atoms with Crippen LogP contribution in [-0.2, 0) is 22.4 Å². The lowest BCUT2D eigenvalue weighted by Crippen LogP contribution is -2.13. The largest absolute Gasteiger partial charge is 0.433 e. The van der Waals surface area contributed by atoms with Crippen LogP contribution in [0.1, 0.15) is 11.3 Å². The summed E-state index contributed by atoms with van der Waals surface area (Å²) in [7, 11) is -3.94. The molecule has 0 aliphatic carbocycles. The van der Waals surface area contributed by atoms with Crippen LogP contribution in [0.25, 0.3) is 39.7 Å². The molecular weight excluding hydrogens is 542 g/mol. The third kappa shape index (κ3) is 4.70. The molecule has 2 N–H and O–H groups in total. The molecule has 3 aromatic heterocycles. The van der Waals surface area contributed by atoms with Crippen LogP contribution < -0.4 is 5.14 Å². The van der Waals surface area contributed by atoms with E-state index in [2.05, 4.69) is 20.2 Å². The number of hydrogen-bond donors (Lipinski definition) is 1. The highest BCUT2D eigenvalue weighted by Gasteiger charge is 2.36. The number of hydrogen-bond acceptors (Lipinski definition) is 7. The molecule has 0 amide bonds. The Balaban J connectivity index is 1.60. The normalized spacial score (nSPS) is 12.8. The highest BCUT2D eigenvalue weighted by molar-refractivity contribution is 7.89. The summed E-state index contributed by atoms with van der Waals surface area (Å²) in [6, 6.07) is 9.25. The van der Waals surface area contributed by atoms with Crippen molar-refractivity contribution in [3.05, 3.63) is 72.1 Å². The minimum absolute atomic E-state index is 0.00176. The van der Waals surface area contributed by atoms with Crippen LogP contribution in [-0.4, -0.2) is 33.2 Å². The van der Waals surface area contributed by atoms with Crippen LogP contribution in [0.2, 0.25) is 0 Å². The second-order valence-electron chi connectivity index (χ2n) is 7.89. The van der Waals surface area contributed by atoms with E-state index in [-0.39, 0.29) is 39.1 Å². The predicted octanol–water partition coefficient (Wildman–Crippen LogP) is 4.80. The summed E-state index contributed by atoms with van der Waals surface area (Å²) < 4.78 is 109. The molecular formula is C22H12F6N6O3S. The van der Waals surface area contributed by atoms with Gasteiger partial charge in [0.15, 0.2) is 11.3 Å². The van der Waals surface area contributed by atoms with Crippen LogP contribution in [0.4, 0.5) is 26.3 Å². The van der Waals surface area contributed by atoms with E-state index in [1.165, 1.54) is 24.3 Å². The average molecular weight is 554 g/mol. The first-order chi connectivity index (χ1) is 17.7. The lowest BCUT2D eigenvalue weighted by molar-refractivity contribution is -0.142. The number of halogens is 6. The number of nitrogens with two attached hydrogens (primary N) is 1. The van der Waals surface area contributed by atoms with Gasteiger partial charge in [-0.1, -0.05) is 17.3 Å². The summed E-state index contributed by atoms with van der Waals surface area (Å²) in [5, 5.41) is 12.6. The number of aromatic nitrogens is 5. The van der Waals surface area contributed by atoms with Gasteiger partial charge in [-0.25, -0.2) is 23.1 Å². The highest BCUT2D eigenvalue weighted by Crippen LogP contribution is 2.36. The van der Waals surface area contributed by atoms with Crippen molar-refractivity contribution in [2.45, 2.75) is 17.2 Å². The van der Waals surface area contributed by atoms with Gasteiger partial charge in [-0.2, -0.15) is 36.4 Å². The third-order valence-corrected chi connectivity index (χ3v) is 6.30. The maximum atomic E-state index is 13.8. The van der Waals surface area contributed by atoms with Crippen molar-refractivity contribution in [2.24, 2.45) is 5.14 Å². The summed E-state index contributed by atoms with van der Waals surface area (Å²) in [6.45, 7) is 0. The van der Waals surface area contributed by atoms with Gasteiger partial charge in [0.25, 0.3) is 5.89 Å². The summed E-state index contributed by atoms with van der Waals surface area (Å²) >= 11 is 0. The van der Waals surface area contributed by atoms with Gasteiger partial charge in [-0.05, 0) is 42.5 Å². The molecule has 0 saturated carbocycles. The zero-order chi connectivity index (χ0) is 27.5. The first-order valence-corrected chi connectivity index (χ1v) is 11.9. The fraction of sp³-hybridized carbons (Fsp3) is 0.0909. The van der Waals surface area contributed by atoms with Crippen LogP contribution in [0.3, 0.4) is 0 Å². The van der Waals surface area contributed by atoms with Crippen LogP contribution >= 0.6 is 0 Å². The van der Waals surface area contributed by atoms with E-state index in [4.69, 9.17) is 9.66 Å². The Labute approximate surface area is 208 Å². The molecule has 0 radical (unpaired) electrons. The van der Waals surface area contributed by atoms with Crippen molar-refractivity contribution in [3.63, 3.8) is 0 Å². The Morgan fingerprint density at radius 1 is 0.842 bits per heavy atom. The molecule has 9 nitrogen and oxygen atoms in total. The molecule has 2 aromatic carbocycles. The number of primary sulfonamides is 1. The quantitative estimate of drug-likeness (QED) is 0.316. The van der Waals surface area contributed by atoms with E-state index < -0.39 is 33.6 Å². The highest BCUT2D eigenvalue weighted by atomic mass is 32.2. The SMILES string of the molecule is NS(=O)(=O)c1ccc(-c2nc(-c3cnn4c(C(F)(F)F)cc(-c5ccc(C(F)(F)F)cc5)nc34)no2)cc1. The van der Waals surface area contributed by atoms with E-state index in [0.717, 1.165) is 30.5 Å². The minimum Gasteiger partial charge on any atom is -0.334 e. The molecule has 0 fully saturated rings. The van der Waals surface area contributed by atoms with Crippen molar-refractivity contribution in [2.75, 3.05) is 0 Å². The Hall–Kier alpha value is -4.31.